The van der Waals surface area contributed by atoms with E-state index in [1.54, 1.807) is 49.4 Å². The summed E-state index contributed by atoms with van der Waals surface area (Å²) in [5.41, 5.74) is -0.857. The second-order valence-corrected chi connectivity index (χ2v) is 9.98. The van der Waals surface area contributed by atoms with Gasteiger partial charge in [-0.25, -0.2) is 9.88 Å². The molecule has 7 heteroatoms. The van der Waals surface area contributed by atoms with E-state index >= 15 is 0 Å². The van der Waals surface area contributed by atoms with Crippen LogP contribution in [0, 0.1) is 0 Å². The number of hydrogen-bond donors (Lipinski definition) is 1. The molecule has 0 aliphatic carbocycles. The smallest absolute Gasteiger partial charge is 0.336 e. The van der Waals surface area contributed by atoms with Crippen molar-refractivity contribution >= 4 is 23.9 Å². The van der Waals surface area contributed by atoms with Gasteiger partial charge in [-0.3, -0.25) is 4.57 Å². The molecule has 0 fully saturated rings. The third-order valence-electron chi connectivity index (χ3n) is 5.39. The van der Waals surface area contributed by atoms with Crippen LogP contribution in [0.15, 0.2) is 85.5 Å². The Balaban J connectivity index is 1.85. The van der Waals surface area contributed by atoms with Crippen molar-refractivity contribution in [3.63, 3.8) is 0 Å². The van der Waals surface area contributed by atoms with Gasteiger partial charge in [0, 0.05) is 22.2 Å². The van der Waals surface area contributed by atoms with Gasteiger partial charge < -0.3 is 14.2 Å². The maximum Gasteiger partial charge on any atom is 0.336 e. The SMILES string of the molecule is C=CCOc1cc2c(cc1OC)OC(=O)C2(C)NP(=O)(c1ccccc1)c1ccccc1. The Bertz CT molecular complexity index is 1150. The van der Waals surface area contributed by atoms with Crippen LogP contribution in [-0.4, -0.2) is 19.7 Å². The van der Waals surface area contributed by atoms with Crippen LogP contribution < -0.4 is 29.9 Å². The summed E-state index contributed by atoms with van der Waals surface area (Å²) in [7, 11) is -1.92. The molecule has 1 aliphatic rings. The maximum absolute atomic E-state index is 14.5. The fourth-order valence-corrected chi connectivity index (χ4v) is 6.31. The molecule has 1 heterocycles. The summed E-state index contributed by atoms with van der Waals surface area (Å²) in [6, 6.07) is 21.5. The first-order valence-corrected chi connectivity index (χ1v) is 11.8. The zero-order valence-corrected chi connectivity index (χ0v) is 18.8. The highest BCUT2D eigenvalue weighted by Gasteiger charge is 2.50. The van der Waals surface area contributed by atoms with Gasteiger partial charge in [0.05, 0.1) is 7.11 Å². The number of nitrogens with one attached hydrogen (secondary N) is 1. The van der Waals surface area contributed by atoms with E-state index in [4.69, 9.17) is 14.2 Å². The quantitative estimate of drug-likeness (QED) is 0.243. The lowest BCUT2D eigenvalue weighted by Gasteiger charge is -2.30. The molecule has 32 heavy (non-hydrogen) atoms. The summed E-state index contributed by atoms with van der Waals surface area (Å²) >= 11 is 0. The van der Waals surface area contributed by atoms with Crippen LogP contribution in [0.4, 0.5) is 0 Å². The summed E-state index contributed by atoms with van der Waals surface area (Å²) in [5.74, 6) is 0.645. The highest BCUT2D eigenvalue weighted by Crippen LogP contribution is 2.50. The molecule has 0 bridgehead atoms. The van der Waals surface area contributed by atoms with Gasteiger partial charge in [-0.2, -0.15) is 0 Å². The molecular formula is C25H24NO5P. The molecule has 0 saturated heterocycles. The van der Waals surface area contributed by atoms with Crippen molar-refractivity contribution in [1.82, 2.24) is 5.09 Å². The fraction of sp³-hybridized carbons (Fsp3) is 0.160. The Morgan fingerprint density at radius 1 is 1.03 bits per heavy atom. The largest absolute Gasteiger partial charge is 0.493 e. The predicted octanol–water partition coefficient (Wildman–Crippen LogP) is 3.91. The minimum atomic E-state index is -3.43. The molecule has 4 rings (SSSR count). The molecule has 3 aromatic rings. The molecule has 1 unspecified atom stereocenters. The lowest BCUT2D eigenvalue weighted by atomic mass is 9.94. The minimum Gasteiger partial charge on any atom is -0.493 e. The zero-order chi connectivity index (χ0) is 22.8. The van der Waals surface area contributed by atoms with Crippen molar-refractivity contribution in [2.24, 2.45) is 0 Å². The summed E-state index contributed by atoms with van der Waals surface area (Å²) < 4.78 is 31.2. The summed E-state index contributed by atoms with van der Waals surface area (Å²) in [6.07, 6.45) is 1.62. The standard InChI is InChI=1S/C25H24NO5P/c1-4-15-30-23-16-20-21(17-22(23)29-3)31-24(27)25(20,2)26-32(28,18-11-7-5-8-12-18)19-13-9-6-10-14-19/h4-14,16-17H,1,15H2,2-3H3,(H,26,28). The number of ether oxygens (including phenoxy) is 3. The third kappa shape index (κ3) is 3.72. The van der Waals surface area contributed by atoms with E-state index in [1.807, 2.05) is 36.4 Å². The number of rotatable bonds is 8. The molecule has 3 aromatic carbocycles. The van der Waals surface area contributed by atoms with Crippen molar-refractivity contribution in [3.05, 3.63) is 91.0 Å². The molecule has 1 aliphatic heterocycles. The number of carbonyl (C=O) groups excluding carboxylic acids is 1. The van der Waals surface area contributed by atoms with Gasteiger partial charge in [-0.05, 0) is 37.3 Å². The predicted molar refractivity (Wildman–Crippen MR) is 125 cm³/mol. The Hall–Kier alpha value is -3.34. The van der Waals surface area contributed by atoms with Crippen molar-refractivity contribution in [2.45, 2.75) is 12.5 Å². The summed E-state index contributed by atoms with van der Waals surface area (Å²) in [4.78, 5) is 13.1. The average molecular weight is 449 g/mol. The monoisotopic (exact) mass is 449 g/mol. The molecular weight excluding hydrogens is 425 g/mol. The van der Waals surface area contributed by atoms with Crippen LogP contribution in [0.25, 0.3) is 0 Å². The van der Waals surface area contributed by atoms with E-state index in [2.05, 4.69) is 11.7 Å². The third-order valence-corrected chi connectivity index (χ3v) is 8.21. The fourth-order valence-electron chi connectivity index (χ4n) is 3.72. The van der Waals surface area contributed by atoms with Crippen LogP contribution in [0.2, 0.25) is 0 Å². The van der Waals surface area contributed by atoms with Crippen LogP contribution in [0.1, 0.15) is 12.5 Å². The Kier molecular flexibility index (Phi) is 5.92. The second-order valence-electron chi connectivity index (χ2n) is 7.51. The number of esters is 1. The molecule has 6 nitrogen and oxygen atoms in total. The number of hydrogen-bond acceptors (Lipinski definition) is 5. The van der Waals surface area contributed by atoms with Crippen molar-refractivity contribution < 1.29 is 23.6 Å². The highest BCUT2D eigenvalue weighted by atomic mass is 31.2. The first-order chi connectivity index (χ1) is 15.4. The Morgan fingerprint density at radius 3 is 2.16 bits per heavy atom. The van der Waals surface area contributed by atoms with Crippen molar-refractivity contribution in [2.75, 3.05) is 13.7 Å². The number of fused-ring (bicyclic) bond motifs is 1. The van der Waals surface area contributed by atoms with E-state index in [1.165, 1.54) is 7.11 Å². The van der Waals surface area contributed by atoms with E-state index < -0.39 is 18.8 Å². The molecule has 0 saturated carbocycles. The number of methoxy groups -OCH3 is 1. The Morgan fingerprint density at radius 2 is 1.62 bits per heavy atom. The van der Waals surface area contributed by atoms with E-state index in [-0.39, 0.29) is 6.61 Å². The molecule has 164 valence electrons. The zero-order valence-electron chi connectivity index (χ0n) is 17.9. The average Bonchev–Trinajstić information content (AvgIpc) is 3.06. The van der Waals surface area contributed by atoms with Crippen LogP contribution in [0.5, 0.6) is 17.2 Å². The minimum absolute atomic E-state index is 0.265. The van der Waals surface area contributed by atoms with E-state index in [0.717, 1.165) is 0 Å². The van der Waals surface area contributed by atoms with Crippen molar-refractivity contribution in [1.29, 1.82) is 0 Å². The van der Waals surface area contributed by atoms with Gasteiger partial charge in [0.15, 0.2) is 11.5 Å². The first kappa shape index (κ1) is 21.9. The van der Waals surface area contributed by atoms with E-state index in [0.29, 0.717) is 33.4 Å². The number of carbonyl (C=O) groups is 1. The van der Waals surface area contributed by atoms with Crippen LogP contribution in [-0.2, 0) is 14.9 Å². The molecule has 1 atom stereocenters. The van der Waals surface area contributed by atoms with Crippen molar-refractivity contribution in [3.8, 4) is 17.2 Å². The molecule has 0 aromatic heterocycles. The van der Waals surface area contributed by atoms with Crippen LogP contribution in [0.3, 0.4) is 0 Å². The normalized spacial score (nSPS) is 17.4. The van der Waals surface area contributed by atoms with Gasteiger partial charge in [0.2, 0.25) is 7.29 Å². The molecule has 0 amide bonds. The lowest BCUT2D eigenvalue weighted by Crippen LogP contribution is -2.46. The molecule has 1 N–H and O–H groups in total. The van der Waals surface area contributed by atoms with Gasteiger partial charge >= 0.3 is 5.97 Å². The van der Waals surface area contributed by atoms with E-state index in [9.17, 15) is 9.36 Å². The maximum atomic E-state index is 14.5. The lowest BCUT2D eigenvalue weighted by molar-refractivity contribution is -0.138. The van der Waals surface area contributed by atoms with Gasteiger partial charge in [-0.15, -0.1) is 0 Å². The van der Waals surface area contributed by atoms with Gasteiger partial charge in [0.25, 0.3) is 0 Å². The van der Waals surface area contributed by atoms with Crippen LogP contribution >= 0.6 is 7.29 Å². The van der Waals surface area contributed by atoms with Gasteiger partial charge in [0.1, 0.15) is 17.9 Å². The molecule has 0 spiro atoms. The highest BCUT2D eigenvalue weighted by molar-refractivity contribution is 7.77. The topological polar surface area (TPSA) is 73.9 Å². The first-order valence-electron chi connectivity index (χ1n) is 10.1. The molecule has 0 radical (unpaired) electrons. The summed E-state index contributed by atoms with van der Waals surface area (Å²) in [6.45, 7) is 5.60. The Labute approximate surface area is 187 Å². The number of benzene rings is 3. The van der Waals surface area contributed by atoms with Gasteiger partial charge in [-0.1, -0.05) is 49.1 Å². The second kappa shape index (κ2) is 8.65. The summed E-state index contributed by atoms with van der Waals surface area (Å²) in [5, 5.41) is 4.37.